The number of aryl methyl sites for hydroxylation is 1. The number of nitrogens with one attached hydrogen (secondary N) is 2. The fourth-order valence-corrected chi connectivity index (χ4v) is 5.75. The lowest BCUT2D eigenvalue weighted by molar-refractivity contribution is -0.115. The van der Waals surface area contributed by atoms with Crippen molar-refractivity contribution in [2.75, 3.05) is 5.32 Å². The Balaban J connectivity index is 1.34. The van der Waals surface area contributed by atoms with Gasteiger partial charge >= 0.3 is 0 Å². The van der Waals surface area contributed by atoms with Crippen LogP contribution in [0.5, 0.6) is 0 Å². The van der Waals surface area contributed by atoms with Crippen LogP contribution in [0, 0.1) is 0 Å². The molecule has 0 aliphatic heterocycles. The molecule has 0 fully saturated rings. The third kappa shape index (κ3) is 4.48. The molecule has 0 radical (unpaired) electrons. The van der Waals surface area contributed by atoms with Gasteiger partial charge in [0.15, 0.2) is 0 Å². The molecule has 7 heteroatoms. The van der Waals surface area contributed by atoms with Gasteiger partial charge in [-0.15, -0.1) is 11.3 Å². The average Bonchev–Trinajstić information content (AvgIpc) is 3.53. The van der Waals surface area contributed by atoms with Crippen LogP contribution in [0.15, 0.2) is 53.4 Å². The lowest BCUT2D eigenvalue weighted by Gasteiger charge is -2.10. The Morgan fingerprint density at radius 3 is 2.88 bits per heavy atom. The molecule has 0 saturated carbocycles. The monoisotopic (exact) mass is 473 g/mol. The highest BCUT2D eigenvalue weighted by Crippen LogP contribution is 2.39. The Hall–Kier alpha value is -3.45. The van der Waals surface area contributed by atoms with Crippen molar-refractivity contribution in [3.05, 3.63) is 81.7 Å². The van der Waals surface area contributed by atoms with E-state index in [1.54, 1.807) is 18.7 Å². The standard InChI is InChI=1S/C27H27N3O3S/c1-16(2)18-8-9-22-21(11-18)19(15-33-22)12-24(31)30-27-25(20-6-3-7-23(20)34-27)26(32)29-14-17-5-4-10-28-13-17/h4-5,8-11,13,15-16H,3,6-7,12,14H2,1-2H3,(H,29,32)(H,30,31). The topological polar surface area (TPSA) is 84.2 Å². The van der Waals surface area contributed by atoms with Gasteiger partial charge in [0, 0.05) is 34.8 Å². The number of nitrogens with zero attached hydrogens (tertiary/aromatic N) is 1. The SMILES string of the molecule is CC(C)c1ccc2occ(CC(=O)Nc3sc4c(c3C(=O)NCc3cccnc3)CCC4)c2c1. The van der Waals surface area contributed by atoms with Crippen molar-refractivity contribution in [1.82, 2.24) is 10.3 Å². The van der Waals surface area contributed by atoms with Gasteiger partial charge in [-0.2, -0.15) is 0 Å². The summed E-state index contributed by atoms with van der Waals surface area (Å²) >= 11 is 1.52. The second kappa shape index (κ2) is 9.43. The summed E-state index contributed by atoms with van der Waals surface area (Å²) < 4.78 is 5.67. The Kier molecular flexibility index (Phi) is 6.20. The lowest BCUT2D eigenvalue weighted by atomic mass is 10.00. The van der Waals surface area contributed by atoms with Crippen LogP contribution in [0.4, 0.5) is 5.00 Å². The number of fused-ring (bicyclic) bond motifs is 2. The first kappa shape index (κ1) is 22.3. The molecule has 0 unspecified atom stereocenters. The molecule has 1 aliphatic carbocycles. The van der Waals surface area contributed by atoms with Crippen molar-refractivity contribution >= 4 is 39.1 Å². The zero-order chi connectivity index (χ0) is 23.7. The molecule has 2 amide bonds. The fourth-order valence-electron chi connectivity index (χ4n) is 4.45. The van der Waals surface area contributed by atoms with Crippen LogP contribution < -0.4 is 10.6 Å². The van der Waals surface area contributed by atoms with Gasteiger partial charge < -0.3 is 15.1 Å². The number of furan rings is 1. The molecule has 174 valence electrons. The van der Waals surface area contributed by atoms with Crippen LogP contribution in [0.2, 0.25) is 0 Å². The maximum Gasteiger partial charge on any atom is 0.254 e. The number of pyridine rings is 1. The molecule has 3 heterocycles. The molecule has 3 aromatic heterocycles. The number of thiophene rings is 1. The zero-order valence-corrected chi connectivity index (χ0v) is 20.1. The summed E-state index contributed by atoms with van der Waals surface area (Å²) in [6.07, 6.45) is 8.14. The normalized spacial score (nSPS) is 12.8. The zero-order valence-electron chi connectivity index (χ0n) is 19.3. The minimum atomic E-state index is -0.158. The number of benzene rings is 1. The molecule has 0 saturated heterocycles. The van der Waals surface area contributed by atoms with Crippen LogP contribution >= 0.6 is 11.3 Å². The van der Waals surface area contributed by atoms with E-state index in [1.807, 2.05) is 18.2 Å². The molecule has 4 aromatic rings. The smallest absolute Gasteiger partial charge is 0.254 e. The first-order chi connectivity index (χ1) is 16.5. The van der Waals surface area contributed by atoms with Crippen LogP contribution in [-0.4, -0.2) is 16.8 Å². The molecule has 6 nitrogen and oxygen atoms in total. The van der Waals surface area contributed by atoms with E-state index in [9.17, 15) is 9.59 Å². The van der Waals surface area contributed by atoms with Crippen LogP contribution in [0.1, 0.15) is 63.7 Å². The van der Waals surface area contributed by atoms with Crippen molar-refractivity contribution in [1.29, 1.82) is 0 Å². The van der Waals surface area contributed by atoms with E-state index in [-0.39, 0.29) is 18.2 Å². The molecule has 34 heavy (non-hydrogen) atoms. The van der Waals surface area contributed by atoms with Gasteiger partial charge in [-0.05, 0) is 60.1 Å². The maximum atomic E-state index is 13.1. The van der Waals surface area contributed by atoms with Gasteiger partial charge in [0.1, 0.15) is 10.6 Å². The summed E-state index contributed by atoms with van der Waals surface area (Å²) in [5.41, 5.74) is 5.44. The third-order valence-corrected chi connectivity index (χ3v) is 7.48. The second-order valence-corrected chi connectivity index (χ2v) is 10.1. The van der Waals surface area contributed by atoms with Gasteiger partial charge in [-0.3, -0.25) is 14.6 Å². The Morgan fingerprint density at radius 1 is 1.21 bits per heavy atom. The van der Waals surface area contributed by atoms with Crippen LogP contribution in [-0.2, 0) is 30.6 Å². The van der Waals surface area contributed by atoms with Crippen LogP contribution in [0.25, 0.3) is 11.0 Å². The van der Waals surface area contributed by atoms with E-state index in [1.165, 1.54) is 21.8 Å². The highest BCUT2D eigenvalue weighted by Gasteiger charge is 2.27. The molecular formula is C27H27N3O3S. The predicted molar refractivity (Wildman–Crippen MR) is 134 cm³/mol. The number of carbonyl (C=O) groups is 2. The maximum absolute atomic E-state index is 13.1. The summed E-state index contributed by atoms with van der Waals surface area (Å²) in [7, 11) is 0. The quantitative estimate of drug-likeness (QED) is 0.365. The molecule has 1 aliphatic rings. The number of carbonyl (C=O) groups excluding carboxylic acids is 2. The number of amides is 2. The van der Waals surface area contributed by atoms with Gasteiger partial charge in [-0.1, -0.05) is 26.0 Å². The van der Waals surface area contributed by atoms with E-state index in [4.69, 9.17) is 4.42 Å². The predicted octanol–water partition coefficient (Wildman–Crippen LogP) is 5.61. The number of hydrogen-bond acceptors (Lipinski definition) is 5. The fraction of sp³-hybridized carbons (Fsp3) is 0.296. The number of rotatable bonds is 7. The second-order valence-electron chi connectivity index (χ2n) is 9.00. The third-order valence-electron chi connectivity index (χ3n) is 6.27. The Bertz CT molecular complexity index is 1350. The van der Waals surface area contributed by atoms with Crippen molar-refractivity contribution in [2.24, 2.45) is 0 Å². The molecule has 1 aromatic carbocycles. The van der Waals surface area contributed by atoms with Gasteiger partial charge in [0.2, 0.25) is 5.91 Å². The summed E-state index contributed by atoms with van der Waals surface area (Å²) in [4.78, 5) is 31.5. The summed E-state index contributed by atoms with van der Waals surface area (Å²) in [5.74, 6) is 0.0787. The molecule has 5 rings (SSSR count). The Morgan fingerprint density at radius 2 is 2.09 bits per heavy atom. The van der Waals surface area contributed by atoms with Crippen molar-refractivity contribution in [3.63, 3.8) is 0 Å². The van der Waals surface area contributed by atoms with Crippen molar-refractivity contribution in [3.8, 4) is 0 Å². The lowest BCUT2D eigenvalue weighted by Crippen LogP contribution is -2.25. The van der Waals surface area contributed by atoms with Gasteiger partial charge in [0.25, 0.3) is 5.91 Å². The highest BCUT2D eigenvalue weighted by atomic mass is 32.1. The van der Waals surface area contributed by atoms with E-state index >= 15 is 0 Å². The first-order valence-corrected chi connectivity index (χ1v) is 12.4. The highest BCUT2D eigenvalue weighted by molar-refractivity contribution is 7.17. The number of anilines is 1. The van der Waals surface area contributed by atoms with Gasteiger partial charge in [0.05, 0.1) is 18.2 Å². The molecule has 2 N–H and O–H groups in total. The van der Waals surface area contributed by atoms with Crippen molar-refractivity contribution < 1.29 is 14.0 Å². The van der Waals surface area contributed by atoms with E-state index in [0.29, 0.717) is 23.0 Å². The number of hydrogen-bond donors (Lipinski definition) is 2. The van der Waals surface area contributed by atoms with E-state index < -0.39 is 0 Å². The largest absolute Gasteiger partial charge is 0.464 e. The Labute approximate surface area is 202 Å². The van der Waals surface area contributed by atoms with Crippen LogP contribution in [0.3, 0.4) is 0 Å². The summed E-state index contributed by atoms with van der Waals surface area (Å²) in [6, 6.07) is 9.89. The number of aromatic nitrogens is 1. The minimum Gasteiger partial charge on any atom is -0.464 e. The summed E-state index contributed by atoms with van der Waals surface area (Å²) in [5, 5.41) is 7.61. The molecule has 0 atom stereocenters. The van der Waals surface area contributed by atoms with E-state index in [0.717, 1.165) is 46.9 Å². The van der Waals surface area contributed by atoms with Gasteiger partial charge in [-0.25, -0.2) is 0 Å². The summed E-state index contributed by atoms with van der Waals surface area (Å²) in [6.45, 7) is 4.68. The molecule has 0 bridgehead atoms. The first-order valence-electron chi connectivity index (χ1n) is 11.6. The molecule has 0 spiro atoms. The minimum absolute atomic E-state index is 0.154. The van der Waals surface area contributed by atoms with Crippen molar-refractivity contribution in [2.45, 2.75) is 52.0 Å². The molecular weight excluding hydrogens is 446 g/mol. The van der Waals surface area contributed by atoms with E-state index in [2.05, 4.69) is 41.6 Å². The average molecular weight is 474 g/mol.